The maximum Gasteiger partial charge on any atom is 0.337 e. The molecule has 3 rings (SSSR count). The molecule has 2 aromatic rings. The van der Waals surface area contributed by atoms with Crippen LogP contribution in [0.5, 0.6) is 0 Å². The van der Waals surface area contributed by atoms with E-state index in [1.807, 2.05) is 5.38 Å². The Morgan fingerprint density at radius 2 is 2.17 bits per heavy atom. The summed E-state index contributed by atoms with van der Waals surface area (Å²) in [5.41, 5.74) is 2.86. The van der Waals surface area contributed by atoms with Crippen molar-refractivity contribution >= 4 is 28.6 Å². The minimum absolute atomic E-state index is 0.375. The van der Waals surface area contributed by atoms with Gasteiger partial charge in [0, 0.05) is 23.2 Å². The number of nitrogens with zero attached hydrogens (tertiary/aromatic N) is 2. The average Bonchev–Trinajstić information content (AvgIpc) is 3.33. The maximum atomic E-state index is 11.4. The van der Waals surface area contributed by atoms with E-state index in [2.05, 4.69) is 21.1 Å². The minimum atomic E-state index is -0.375. The van der Waals surface area contributed by atoms with Crippen LogP contribution in [0.3, 0.4) is 0 Å². The van der Waals surface area contributed by atoms with E-state index in [9.17, 15) is 10.1 Å². The molecular weight excluding hydrogens is 310 g/mol. The second-order valence-corrected chi connectivity index (χ2v) is 6.09. The lowest BCUT2D eigenvalue weighted by Gasteiger charge is -2.03. The molecule has 5 nitrogen and oxygen atoms in total. The Morgan fingerprint density at radius 1 is 1.43 bits per heavy atom. The average molecular weight is 325 g/mol. The van der Waals surface area contributed by atoms with Crippen LogP contribution in [-0.4, -0.2) is 18.1 Å². The summed E-state index contributed by atoms with van der Waals surface area (Å²) in [7, 11) is 1.35. The number of nitriles is 1. The fourth-order valence-corrected chi connectivity index (χ4v) is 2.96. The first-order chi connectivity index (χ1) is 11.2. The topological polar surface area (TPSA) is 75.0 Å². The highest BCUT2D eigenvalue weighted by atomic mass is 32.1. The predicted octanol–water partition coefficient (Wildman–Crippen LogP) is 3.78. The molecule has 0 atom stereocenters. The number of carbonyl (C=O) groups is 1. The van der Waals surface area contributed by atoms with Crippen molar-refractivity contribution in [2.45, 2.75) is 18.8 Å². The maximum absolute atomic E-state index is 11.4. The number of nitrogens with one attached hydrogen (secondary N) is 1. The molecule has 0 radical (unpaired) electrons. The van der Waals surface area contributed by atoms with Gasteiger partial charge in [0.05, 0.1) is 18.4 Å². The highest BCUT2D eigenvalue weighted by Crippen LogP contribution is 2.40. The van der Waals surface area contributed by atoms with Gasteiger partial charge in [-0.25, -0.2) is 9.78 Å². The third-order valence-electron chi connectivity index (χ3n) is 3.56. The van der Waals surface area contributed by atoms with E-state index in [1.54, 1.807) is 30.5 Å². The predicted molar refractivity (Wildman–Crippen MR) is 89.1 cm³/mol. The van der Waals surface area contributed by atoms with E-state index in [0.717, 1.165) is 16.4 Å². The number of esters is 1. The Morgan fingerprint density at radius 3 is 2.78 bits per heavy atom. The molecule has 0 amide bonds. The van der Waals surface area contributed by atoms with E-state index in [-0.39, 0.29) is 5.97 Å². The summed E-state index contributed by atoms with van der Waals surface area (Å²) in [6.07, 6.45) is 4.03. The third-order valence-corrected chi connectivity index (χ3v) is 4.45. The van der Waals surface area contributed by atoms with Crippen molar-refractivity contribution in [3.63, 3.8) is 0 Å². The molecule has 1 fully saturated rings. The molecule has 0 spiro atoms. The molecule has 1 saturated carbocycles. The van der Waals surface area contributed by atoms with Crippen LogP contribution in [0.15, 0.2) is 35.8 Å². The number of carbonyl (C=O) groups excluding carboxylic acids is 1. The quantitative estimate of drug-likeness (QED) is 0.669. The van der Waals surface area contributed by atoms with Gasteiger partial charge in [-0.1, -0.05) is 0 Å². The summed E-state index contributed by atoms with van der Waals surface area (Å²) in [5, 5.41) is 15.1. The number of anilines is 1. The fraction of sp³-hybridized carbons (Fsp3) is 0.235. The summed E-state index contributed by atoms with van der Waals surface area (Å²) in [6, 6.07) is 9.03. The van der Waals surface area contributed by atoms with Crippen molar-refractivity contribution in [1.82, 2.24) is 4.98 Å². The lowest BCUT2D eigenvalue weighted by Crippen LogP contribution is -2.00. The minimum Gasteiger partial charge on any atom is -0.465 e. The smallest absolute Gasteiger partial charge is 0.337 e. The van der Waals surface area contributed by atoms with Crippen LogP contribution < -0.4 is 5.32 Å². The Balaban J connectivity index is 1.71. The first kappa shape index (κ1) is 15.3. The number of ether oxygens (including phenoxy) is 1. The van der Waals surface area contributed by atoms with Crippen LogP contribution in [0.2, 0.25) is 0 Å². The fourth-order valence-electron chi connectivity index (χ4n) is 2.09. The van der Waals surface area contributed by atoms with Crippen molar-refractivity contribution in [3.8, 4) is 6.07 Å². The molecule has 1 N–H and O–H groups in total. The van der Waals surface area contributed by atoms with Crippen molar-refractivity contribution in [2.24, 2.45) is 0 Å². The standard InChI is InChI=1S/C17H15N3O2S/c1-22-17(21)12-4-6-14(7-5-12)19-9-13(8-18)16-20-15(10-23-16)11-2-3-11/h4-7,9-11,19H,2-3H2,1H3/b13-9+. The molecule has 0 unspecified atom stereocenters. The van der Waals surface area contributed by atoms with Gasteiger partial charge in [-0.2, -0.15) is 5.26 Å². The van der Waals surface area contributed by atoms with Crippen LogP contribution in [0.1, 0.15) is 39.8 Å². The normalized spacial score (nSPS) is 14.2. The highest BCUT2D eigenvalue weighted by molar-refractivity contribution is 7.10. The van der Waals surface area contributed by atoms with Gasteiger partial charge in [0.2, 0.25) is 0 Å². The van der Waals surface area contributed by atoms with Gasteiger partial charge in [0.15, 0.2) is 0 Å². The lowest BCUT2D eigenvalue weighted by molar-refractivity contribution is 0.0601. The Kier molecular flexibility index (Phi) is 4.40. The van der Waals surface area contributed by atoms with E-state index in [4.69, 9.17) is 0 Å². The largest absolute Gasteiger partial charge is 0.465 e. The molecule has 6 heteroatoms. The molecule has 0 bridgehead atoms. The number of methoxy groups -OCH3 is 1. The summed E-state index contributed by atoms with van der Waals surface area (Å²) in [6.45, 7) is 0. The van der Waals surface area contributed by atoms with Crippen molar-refractivity contribution in [2.75, 3.05) is 12.4 Å². The SMILES string of the molecule is COC(=O)c1ccc(N/C=C(\C#N)c2nc(C3CC3)cs2)cc1. The van der Waals surface area contributed by atoms with Crippen molar-refractivity contribution < 1.29 is 9.53 Å². The monoisotopic (exact) mass is 325 g/mol. The number of thiazole rings is 1. The number of benzene rings is 1. The molecule has 0 saturated heterocycles. The van der Waals surface area contributed by atoms with Crippen molar-refractivity contribution in [3.05, 3.63) is 52.1 Å². The van der Waals surface area contributed by atoms with Crippen molar-refractivity contribution in [1.29, 1.82) is 5.26 Å². The van der Waals surface area contributed by atoms with Gasteiger partial charge < -0.3 is 10.1 Å². The van der Waals surface area contributed by atoms with Crippen LogP contribution in [0.25, 0.3) is 5.57 Å². The molecule has 1 aliphatic rings. The number of hydrogen-bond donors (Lipinski definition) is 1. The number of hydrogen-bond acceptors (Lipinski definition) is 6. The van der Waals surface area contributed by atoms with Crippen LogP contribution in [0.4, 0.5) is 5.69 Å². The second-order valence-electron chi connectivity index (χ2n) is 5.23. The highest BCUT2D eigenvalue weighted by Gasteiger charge is 2.26. The van der Waals surface area contributed by atoms with E-state index < -0.39 is 0 Å². The summed E-state index contributed by atoms with van der Waals surface area (Å²) in [5.74, 6) is 0.207. The number of rotatable bonds is 5. The Labute approximate surface area is 138 Å². The van der Waals surface area contributed by atoms with Gasteiger partial charge in [0.25, 0.3) is 0 Å². The van der Waals surface area contributed by atoms with Crippen LogP contribution >= 0.6 is 11.3 Å². The molecule has 1 aliphatic carbocycles. The van der Waals surface area contributed by atoms with Gasteiger partial charge in [-0.3, -0.25) is 0 Å². The Bertz CT molecular complexity index is 783. The number of allylic oxidation sites excluding steroid dienone is 1. The van der Waals surface area contributed by atoms with E-state index >= 15 is 0 Å². The zero-order valence-corrected chi connectivity index (χ0v) is 13.4. The molecule has 0 aliphatic heterocycles. The van der Waals surface area contributed by atoms with Gasteiger partial charge >= 0.3 is 5.97 Å². The van der Waals surface area contributed by atoms with Crippen LogP contribution in [0, 0.1) is 11.3 Å². The Hall–Kier alpha value is -2.65. The second kappa shape index (κ2) is 6.63. The third kappa shape index (κ3) is 3.58. The molecule has 1 aromatic heterocycles. The molecule has 1 heterocycles. The number of aromatic nitrogens is 1. The van der Waals surface area contributed by atoms with Crippen LogP contribution in [-0.2, 0) is 4.74 Å². The van der Waals surface area contributed by atoms with Gasteiger partial charge in [-0.15, -0.1) is 11.3 Å². The zero-order valence-electron chi connectivity index (χ0n) is 12.6. The zero-order chi connectivity index (χ0) is 16.2. The first-order valence-electron chi connectivity index (χ1n) is 7.22. The van der Waals surface area contributed by atoms with Gasteiger partial charge in [0.1, 0.15) is 16.6 Å². The van der Waals surface area contributed by atoms with Gasteiger partial charge in [-0.05, 0) is 37.1 Å². The van der Waals surface area contributed by atoms with E-state index in [0.29, 0.717) is 17.1 Å². The lowest BCUT2D eigenvalue weighted by atomic mass is 10.2. The first-order valence-corrected chi connectivity index (χ1v) is 8.10. The molecular formula is C17H15N3O2S. The van der Waals surface area contributed by atoms with E-state index in [1.165, 1.54) is 31.3 Å². The molecule has 116 valence electrons. The summed E-state index contributed by atoms with van der Waals surface area (Å²) in [4.78, 5) is 15.9. The molecule has 1 aromatic carbocycles. The summed E-state index contributed by atoms with van der Waals surface area (Å²) >= 11 is 1.49. The summed E-state index contributed by atoms with van der Waals surface area (Å²) < 4.78 is 4.66. The molecule has 23 heavy (non-hydrogen) atoms.